The van der Waals surface area contributed by atoms with E-state index in [0.29, 0.717) is 11.4 Å². The summed E-state index contributed by atoms with van der Waals surface area (Å²) in [5.41, 5.74) is 1.71. The number of aliphatic hydroxyl groups excluding tert-OH is 1. The second-order valence-electron chi connectivity index (χ2n) is 4.90. The van der Waals surface area contributed by atoms with Crippen LogP contribution < -0.4 is 10.1 Å². The van der Waals surface area contributed by atoms with Gasteiger partial charge in [0.15, 0.2) is 6.10 Å². The first-order valence-corrected chi connectivity index (χ1v) is 5.87. The summed E-state index contributed by atoms with van der Waals surface area (Å²) in [6.45, 7) is 1.89. The molecule has 1 fully saturated rings. The predicted octanol–water partition coefficient (Wildman–Crippen LogP) is 1.43. The highest BCUT2D eigenvalue weighted by atomic mass is 16.5. The molecule has 0 aromatic heterocycles. The topological polar surface area (TPSA) is 58.6 Å². The molecule has 4 heteroatoms. The molecular weight excluding hydrogens is 218 g/mol. The average molecular weight is 233 g/mol. The van der Waals surface area contributed by atoms with Gasteiger partial charge in [-0.15, -0.1) is 0 Å². The molecule has 1 aliphatic carbocycles. The Labute approximate surface area is 99.6 Å². The van der Waals surface area contributed by atoms with Crippen LogP contribution in [0.3, 0.4) is 0 Å². The second-order valence-corrected chi connectivity index (χ2v) is 4.90. The van der Waals surface area contributed by atoms with E-state index in [1.807, 2.05) is 18.2 Å². The molecule has 0 bridgehead atoms. The van der Waals surface area contributed by atoms with Crippen molar-refractivity contribution in [2.45, 2.75) is 31.3 Å². The fourth-order valence-electron chi connectivity index (χ4n) is 2.23. The molecule has 90 valence electrons. The molecule has 1 aromatic carbocycles. The highest BCUT2D eigenvalue weighted by molar-refractivity contribution is 5.97. The van der Waals surface area contributed by atoms with Crippen molar-refractivity contribution in [3.05, 3.63) is 23.8 Å². The summed E-state index contributed by atoms with van der Waals surface area (Å²) in [6, 6.07) is 5.77. The number of nitrogens with one attached hydrogen (secondary N) is 1. The molecule has 1 saturated carbocycles. The fourth-order valence-corrected chi connectivity index (χ4v) is 2.23. The first kappa shape index (κ1) is 10.6. The van der Waals surface area contributed by atoms with Crippen LogP contribution in [0, 0.1) is 0 Å². The number of carbonyl (C=O) groups is 1. The van der Waals surface area contributed by atoms with Gasteiger partial charge in [0.05, 0.1) is 12.3 Å². The SMILES string of the molecule is CC1Oc2ccc(C3(CO)CC3)cc2NC1=O. The lowest BCUT2D eigenvalue weighted by Crippen LogP contribution is -2.34. The number of carbonyl (C=O) groups excluding carboxylic acids is 1. The Hall–Kier alpha value is -1.55. The van der Waals surface area contributed by atoms with Gasteiger partial charge in [-0.05, 0) is 37.5 Å². The Morgan fingerprint density at radius 1 is 1.53 bits per heavy atom. The van der Waals surface area contributed by atoms with Crippen molar-refractivity contribution in [1.82, 2.24) is 0 Å². The zero-order valence-electron chi connectivity index (χ0n) is 9.69. The van der Waals surface area contributed by atoms with Gasteiger partial charge in [0.2, 0.25) is 0 Å². The van der Waals surface area contributed by atoms with E-state index in [2.05, 4.69) is 5.32 Å². The molecule has 0 spiro atoms. The normalized spacial score (nSPS) is 24.6. The van der Waals surface area contributed by atoms with Crippen LogP contribution in [0.4, 0.5) is 5.69 Å². The number of hydrogen-bond acceptors (Lipinski definition) is 3. The number of anilines is 1. The van der Waals surface area contributed by atoms with E-state index in [1.54, 1.807) is 6.92 Å². The minimum Gasteiger partial charge on any atom is -0.479 e. The predicted molar refractivity (Wildman–Crippen MR) is 63.2 cm³/mol. The van der Waals surface area contributed by atoms with Crippen LogP contribution in [0.1, 0.15) is 25.3 Å². The van der Waals surface area contributed by atoms with Gasteiger partial charge in [-0.25, -0.2) is 0 Å². The van der Waals surface area contributed by atoms with Crippen LogP contribution in [0.2, 0.25) is 0 Å². The van der Waals surface area contributed by atoms with Gasteiger partial charge in [0.1, 0.15) is 5.75 Å². The second kappa shape index (κ2) is 3.47. The van der Waals surface area contributed by atoms with Gasteiger partial charge in [0.25, 0.3) is 5.91 Å². The highest BCUT2D eigenvalue weighted by Gasteiger charge is 2.44. The molecule has 2 aliphatic rings. The molecule has 4 nitrogen and oxygen atoms in total. The molecule has 0 radical (unpaired) electrons. The van der Waals surface area contributed by atoms with E-state index in [9.17, 15) is 9.90 Å². The van der Waals surface area contributed by atoms with Crippen LogP contribution in [-0.4, -0.2) is 23.7 Å². The molecule has 17 heavy (non-hydrogen) atoms. The van der Waals surface area contributed by atoms with Gasteiger partial charge >= 0.3 is 0 Å². The van der Waals surface area contributed by atoms with Crippen molar-refractivity contribution < 1.29 is 14.6 Å². The Bertz CT molecular complexity index is 480. The zero-order chi connectivity index (χ0) is 12.0. The van der Waals surface area contributed by atoms with Gasteiger partial charge in [-0.3, -0.25) is 4.79 Å². The summed E-state index contributed by atoms with van der Waals surface area (Å²) < 4.78 is 5.49. The van der Waals surface area contributed by atoms with Gasteiger partial charge in [0, 0.05) is 5.41 Å². The van der Waals surface area contributed by atoms with Crippen LogP contribution in [0.5, 0.6) is 5.75 Å². The molecule has 3 rings (SSSR count). The zero-order valence-corrected chi connectivity index (χ0v) is 9.69. The van der Waals surface area contributed by atoms with E-state index in [0.717, 1.165) is 18.4 Å². The van der Waals surface area contributed by atoms with E-state index in [4.69, 9.17) is 4.74 Å². The van der Waals surface area contributed by atoms with Gasteiger partial charge < -0.3 is 15.2 Å². The van der Waals surface area contributed by atoms with Gasteiger partial charge in [-0.2, -0.15) is 0 Å². The lowest BCUT2D eigenvalue weighted by molar-refractivity contribution is -0.122. The summed E-state index contributed by atoms with van der Waals surface area (Å²) in [6.07, 6.45) is 1.57. The van der Waals surface area contributed by atoms with E-state index < -0.39 is 6.10 Å². The average Bonchev–Trinajstić information content (AvgIpc) is 3.11. The van der Waals surface area contributed by atoms with Crippen LogP contribution in [0.25, 0.3) is 0 Å². The number of amides is 1. The smallest absolute Gasteiger partial charge is 0.265 e. The fraction of sp³-hybridized carbons (Fsp3) is 0.462. The molecule has 0 saturated heterocycles. The van der Waals surface area contributed by atoms with E-state index in [-0.39, 0.29) is 17.9 Å². The van der Waals surface area contributed by atoms with Crippen molar-refractivity contribution in [3.8, 4) is 5.75 Å². The van der Waals surface area contributed by atoms with Crippen molar-refractivity contribution in [3.63, 3.8) is 0 Å². The maximum Gasteiger partial charge on any atom is 0.265 e. The molecule has 1 amide bonds. The number of fused-ring (bicyclic) bond motifs is 1. The lowest BCUT2D eigenvalue weighted by Gasteiger charge is -2.24. The van der Waals surface area contributed by atoms with Crippen molar-refractivity contribution in [1.29, 1.82) is 0 Å². The third-order valence-electron chi connectivity index (χ3n) is 3.68. The highest BCUT2D eigenvalue weighted by Crippen LogP contribution is 2.49. The van der Waals surface area contributed by atoms with Crippen molar-refractivity contribution in [2.24, 2.45) is 0 Å². The molecule has 1 aromatic rings. The van der Waals surface area contributed by atoms with Crippen LogP contribution >= 0.6 is 0 Å². The Morgan fingerprint density at radius 2 is 2.29 bits per heavy atom. The molecule has 1 heterocycles. The maximum atomic E-state index is 11.5. The van der Waals surface area contributed by atoms with Crippen LogP contribution in [-0.2, 0) is 10.2 Å². The van der Waals surface area contributed by atoms with E-state index >= 15 is 0 Å². The third kappa shape index (κ3) is 1.60. The number of rotatable bonds is 2. The summed E-state index contributed by atoms with van der Waals surface area (Å²) >= 11 is 0. The Balaban J connectivity index is 1.97. The van der Waals surface area contributed by atoms with E-state index in [1.165, 1.54) is 0 Å². The van der Waals surface area contributed by atoms with Crippen molar-refractivity contribution >= 4 is 11.6 Å². The van der Waals surface area contributed by atoms with Gasteiger partial charge in [-0.1, -0.05) is 6.07 Å². The molecule has 1 aliphatic heterocycles. The summed E-state index contributed by atoms with van der Waals surface area (Å²) in [7, 11) is 0. The first-order chi connectivity index (χ1) is 8.14. The number of ether oxygens (including phenoxy) is 1. The summed E-state index contributed by atoms with van der Waals surface area (Å²) in [5.74, 6) is 0.582. The Morgan fingerprint density at radius 3 is 2.94 bits per heavy atom. The standard InChI is InChI=1S/C13H15NO3/c1-8-12(16)14-10-6-9(2-3-11(10)17-8)13(7-15)4-5-13/h2-3,6,8,15H,4-5,7H2,1H3,(H,14,16). The monoisotopic (exact) mass is 233 g/mol. The summed E-state index contributed by atoms with van der Waals surface area (Å²) in [4.78, 5) is 11.5. The maximum absolute atomic E-state index is 11.5. The number of hydrogen-bond donors (Lipinski definition) is 2. The molecule has 1 atom stereocenters. The lowest BCUT2D eigenvalue weighted by atomic mass is 9.96. The summed E-state index contributed by atoms with van der Waals surface area (Å²) in [5, 5.41) is 12.2. The largest absolute Gasteiger partial charge is 0.479 e. The molecule has 1 unspecified atom stereocenters. The molecule has 2 N–H and O–H groups in total. The minimum atomic E-state index is -0.443. The Kier molecular flexibility index (Phi) is 2.16. The number of aliphatic hydroxyl groups is 1. The quantitative estimate of drug-likeness (QED) is 0.812. The van der Waals surface area contributed by atoms with Crippen molar-refractivity contribution in [2.75, 3.05) is 11.9 Å². The first-order valence-electron chi connectivity index (χ1n) is 5.87. The number of benzene rings is 1. The van der Waals surface area contributed by atoms with Crippen LogP contribution in [0.15, 0.2) is 18.2 Å². The third-order valence-corrected chi connectivity index (χ3v) is 3.68. The minimum absolute atomic E-state index is 0.0805. The molecular formula is C13H15NO3.